The molecule has 2 unspecified atom stereocenters. The normalized spacial score (nSPS) is 16.9. The molecule has 10 nitrogen and oxygen atoms in total. The van der Waals surface area contributed by atoms with Crippen LogP contribution in [0.3, 0.4) is 0 Å². The molecular weight excluding hydrogens is 542 g/mol. The maximum Gasteiger partial charge on any atom is 0.227 e. The van der Waals surface area contributed by atoms with Crippen molar-refractivity contribution in [3.63, 3.8) is 0 Å². The van der Waals surface area contributed by atoms with Crippen molar-refractivity contribution in [1.29, 1.82) is 0 Å². The third-order valence-electron chi connectivity index (χ3n) is 4.96. The number of piperidine rings is 1. The summed E-state index contributed by atoms with van der Waals surface area (Å²) >= 11 is 7.40. The maximum atomic E-state index is 11.8. The Bertz CT molecular complexity index is 605. The van der Waals surface area contributed by atoms with Gasteiger partial charge in [-0.15, -0.1) is 32.3 Å². The molecule has 6 N–H and O–H groups in total. The van der Waals surface area contributed by atoms with Crippen LogP contribution < -0.4 is 0 Å². The summed E-state index contributed by atoms with van der Waals surface area (Å²) < 4.78 is 0. The Morgan fingerprint density at radius 1 is 0.914 bits per heavy atom. The van der Waals surface area contributed by atoms with Gasteiger partial charge in [0.1, 0.15) is 0 Å². The van der Waals surface area contributed by atoms with E-state index in [0.717, 1.165) is 58.7 Å². The van der Waals surface area contributed by atoms with Crippen LogP contribution in [0, 0.1) is 11.8 Å². The Balaban J connectivity index is -0.000000131. The third kappa shape index (κ3) is 20.6. The number of nitrogens with zero attached hydrogens (tertiary/aromatic N) is 6. The number of carbonyl (C=O) groups is 2. The van der Waals surface area contributed by atoms with Crippen molar-refractivity contribution in [3.8, 4) is 0 Å². The average Bonchev–Trinajstić information content (AvgIpc) is 2.83. The molecule has 35 heavy (non-hydrogen) atoms. The van der Waals surface area contributed by atoms with Crippen LogP contribution in [0.2, 0.25) is 0 Å². The molecule has 13 heteroatoms. The van der Waals surface area contributed by atoms with E-state index in [4.69, 9.17) is 10.8 Å². The van der Waals surface area contributed by atoms with Gasteiger partial charge in [-0.2, -0.15) is 10.3 Å². The van der Waals surface area contributed by atoms with Gasteiger partial charge in [-0.05, 0) is 34.1 Å². The molecule has 2 atom stereocenters. The van der Waals surface area contributed by atoms with Crippen LogP contribution in [0.15, 0.2) is 12.2 Å². The standard InChI is InChI=1S/C10H19N2O.C10H17N2O.2CNS.2H2O.Zn/c2*1-3-12(4-2)10(13)9-6-5-7-11-8-9;2*2-1-3;;;/h9H,3-8H2,1-2H3;5-6,9H,3-4,7-8H2,1-2H3;;;2*1H2;/q4*-1;;;/p+2. The first-order valence-electron chi connectivity index (χ1n) is 10.9. The first-order valence-corrected chi connectivity index (χ1v) is 11.8. The summed E-state index contributed by atoms with van der Waals surface area (Å²) in [7, 11) is 0. The number of carbonyl (C=O) groups excluding carboxylic acids is 2. The topological polar surface area (TPSA) is 179 Å². The van der Waals surface area contributed by atoms with E-state index in [-0.39, 0.29) is 48.2 Å². The van der Waals surface area contributed by atoms with E-state index in [1.807, 2.05) is 49.6 Å². The second-order valence-electron chi connectivity index (χ2n) is 6.80. The van der Waals surface area contributed by atoms with Crippen LogP contribution in [0.5, 0.6) is 0 Å². The van der Waals surface area contributed by atoms with E-state index in [1.165, 1.54) is 10.3 Å². The molecule has 0 aromatic rings. The summed E-state index contributed by atoms with van der Waals surface area (Å²) in [5.41, 5.74) is 0. The summed E-state index contributed by atoms with van der Waals surface area (Å²) in [5, 5.41) is 25.4. The number of hydrogen-bond acceptors (Lipinski definition) is 4. The summed E-state index contributed by atoms with van der Waals surface area (Å²) in [6.45, 7) is 14.4. The second-order valence-corrected chi connectivity index (χ2v) is 7.16. The number of thiocarbonyl (C=S) groups is 2. The second kappa shape index (κ2) is 30.8. The van der Waals surface area contributed by atoms with Crippen LogP contribution in [0.25, 0.3) is 21.5 Å². The van der Waals surface area contributed by atoms with Crippen LogP contribution in [-0.4, -0.2) is 84.3 Å². The zero-order valence-electron chi connectivity index (χ0n) is 21.6. The molecule has 0 aromatic carbocycles. The molecular formula is C22H42N6O4S2Zn-2. The summed E-state index contributed by atoms with van der Waals surface area (Å²) in [4.78, 5) is 27.4. The predicted molar refractivity (Wildman–Crippen MR) is 149 cm³/mol. The minimum absolute atomic E-state index is 0. The van der Waals surface area contributed by atoms with Crippen molar-refractivity contribution >= 4 is 46.6 Å². The van der Waals surface area contributed by atoms with Gasteiger partial charge >= 0.3 is 0 Å². The first-order chi connectivity index (χ1) is 15.4. The van der Waals surface area contributed by atoms with E-state index in [0.29, 0.717) is 12.5 Å². The van der Waals surface area contributed by atoms with Crippen molar-refractivity contribution in [2.75, 3.05) is 52.4 Å². The molecule has 0 aliphatic carbocycles. The first kappa shape index (κ1) is 43.8. The SMILES string of the molecule is CCN(CC)C(=O)C1C=CC[N-]C1.CCN(CC)C(=O)C1CCC[N-]C1.[N-]=C=S.[N-]=C=S.[OH3+].[OH3+].[Zn]. The Morgan fingerprint density at radius 2 is 1.37 bits per heavy atom. The minimum Gasteiger partial charge on any atom is -0.753 e. The zero-order valence-corrected chi connectivity index (χ0v) is 26.2. The van der Waals surface area contributed by atoms with Gasteiger partial charge in [-0.3, -0.25) is 9.59 Å². The van der Waals surface area contributed by atoms with Crippen molar-refractivity contribution in [1.82, 2.24) is 9.80 Å². The van der Waals surface area contributed by atoms with Crippen LogP contribution >= 0.6 is 24.4 Å². The van der Waals surface area contributed by atoms with Gasteiger partial charge < -0.3 is 42.2 Å². The fraction of sp³-hybridized carbons (Fsp3) is 0.727. The van der Waals surface area contributed by atoms with Gasteiger partial charge in [0.15, 0.2) is 0 Å². The van der Waals surface area contributed by atoms with Gasteiger partial charge in [0.2, 0.25) is 11.8 Å². The maximum absolute atomic E-state index is 11.8. The molecule has 200 valence electrons. The van der Waals surface area contributed by atoms with Crippen molar-refractivity contribution in [2.24, 2.45) is 11.8 Å². The van der Waals surface area contributed by atoms with Gasteiger partial charge in [-0.25, -0.2) is 0 Å². The Hall–Kier alpha value is -1.26. The Morgan fingerprint density at radius 3 is 1.71 bits per heavy atom. The number of hydrogen-bond donors (Lipinski definition) is 0. The van der Waals surface area contributed by atoms with E-state index >= 15 is 0 Å². The molecule has 2 aliphatic rings. The molecule has 2 aliphatic heterocycles. The van der Waals surface area contributed by atoms with E-state index < -0.39 is 0 Å². The molecule has 0 spiro atoms. The predicted octanol–water partition coefficient (Wildman–Crippen LogP) is 2.52. The van der Waals surface area contributed by atoms with Gasteiger partial charge in [0, 0.05) is 57.5 Å². The van der Waals surface area contributed by atoms with Gasteiger partial charge in [-0.1, -0.05) is 36.9 Å². The fourth-order valence-electron chi connectivity index (χ4n) is 3.29. The third-order valence-corrected chi connectivity index (χ3v) is 4.96. The number of isothiocyanates is 2. The van der Waals surface area contributed by atoms with Crippen molar-refractivity contribution in [3.05, 3.63) is 33.6 Å². The molecule has 1 saturated heterocycles. The molecule has 2 amide bonds. The molecule has 0 aromatic heterocycles. The zero-order chi connectivity index (χ0) is 24.8. The van der Waals surface area contributed by atoms with Crippen LogP contribution in [-0.2, 0) is 40.0 Å². The monoisotopic (exact) mass is 582 g/mol. The van der Waals surface area contributed by atoms with Crippen molar-refractivity contribution < 1.29 is 40.0 Å². The Labute approximate surface area is 234 Å². The summed E-state index contributed by atoms with van der Waals surface area (Å²) in [6, 6.07) is 0. The number of amides is 2. The van der Waals surface area contributed by atoms with Crippen LogP contribution in [0.4, 0.5) is 0 Å². The molecule has 2 heterocycles. The van der Waals surface area contributed by atoms with Gasteiger partial charge in [0.25, 0.3) is 0 Å². The molecule has 0 bridgehead atoms. The van der Waals surface area contributed by atoms with E-state index in [9.17, 15) is 9.59 Å². The molecule has 2 rings (SSSR count). The minimum atomic E-state index is -0.00588. The van der Waals surface area contributed by atoms with E-state index in [1.54, 1.807) is 0 Å². The average molecular weight is 584 g/mol. The van der Waals surface area contributed by atoms with Crippen molar-refractivity contribution in [2.45, 2.75) is 40.5 Å². The quantitative estimate of drug-likeness (QED) is 0.153. The largest absolute Gasteiger partial charge is 0.753 e. The van der Waals surface area contributed by atoms with Crippen LogP contribution in [0.1, 0.15) is 40.5 Å². The smallest absolute Gasteiger partial charge is 0.227 e. The number of rotatable bonds is 6. The van der Waals surface area contributed by atoms with E-state index in [2.05, 4.69) is 35.1 Å². The molecule has 1 fully saturated rings. The summed E-state index contributed by atoms with van der Waals surface area (Å²) in [6.07, 6.45) is 6.06. The Kier molecular flexibility index (Phi) is 38.5. The summed E-state index contributed by atoms with van der Waals surface area (Å²) in [5.74, 6) is 0.681. The molecule has 0 radical (unpaired) electrons. The fourth-order valence-corrected chi connectivity index (χ4v) is 3.29. The van der Waals surface area contributed by atoms with Gasteiger partial charge in [0.05, 0.1) is 0 Å². The molecule has 0 saturated carbocycles.